The van der Waals surface area contributed by atoms with Gasteiger partial charge in [-0.05, 0) is 44.7 Å². The van der Waals surface area contributed by atoms with Gasteiger partial charge in [-0.2, -0.15) is 0 Å². The van der Waals surface area contributed by atoms with Gasteiger partial charge in [-0.15, -0.1) is 11.8 Å². The van der Waals surface area contributed by atoms with Crippen molar-refractivity contribution < 1.29 is 0 Å². The summed E-state index contributed by atoms with van der Waals surface area (Å²) in [6, 6.07) is 11.3. The Bertz CT molecular complexity index is 464. The molecule has 2 aliphatic carbocycles. The summed E-state index contributed by atoms with van der Waals surface area (Å²) < 4.78 is 0.341. The molecule has 20 heavy (non-hydrogen) atoms. The summed E-state index contributed by atoms with van der Waals surface area (Å²) in [6.45, 7) is 3.96. The van der Waals surface area contributed by atoms with Crippen LogP contribution in [0.3, 0.4) is 0 Å². The zero-order chi connectivity index (χ0) is 13.8. The molecule has 0 saturated heterocycles. The average molecular weight is 289 g/mol. The van der Waals surface area contributed by atoms with Crippen LogP contribution in [0.1, 0.15) is 32.6 Å². The van der Waals surface area contributed by atoms with Crippen LogP contribution < -0.4 is 10.6 Å². The molecule has 0 spiro atoms. The van der Waals surface area contributed by atoms with Crippen LogP contribution in [-0.2, 0) is 0 Å². The standard InChI is InChI=1S/C16H23N3S/c1-2-17-15(19-13-8-9-13)18-12-16(10-11-16)20-14-6-4-3-5-7-14/h3-7,13H,2,8-12H2,1H3,(H2,17,18,19). The van der Waals surface area contributed by atoms with Gasteiger partial charge in [-0.1, -0.05) is 18.2 Å². The molecule has 0 radical (unpaired) electrons. The van der Waals surface area contributed by atoms with E-state index < -0.39 is 0 Å². The van der Waals surface area contributed by atoms with E-state index in [4.69, 9.17) is 4.99 Å². The molecule has 2 aliphatic rings. The molecular formula is C16H23N3S. The lowest BCUT2D eigenvalue weighted by Crippen LogP contribution is -2.39. The second-order valence-electron chi connectivity index (χ2n) is 5.71. The van der Waals surface area contributed by atoms with Gasteiger partial charge in [0.25, 0.3) is 0 Å². The molecule has 4 heteroatoms. The van der Waals surface area contributed by atoms with Gasteiger partial charge in [0.05, 0.1) is 6.54 Å². The third-order valence-electron chi connectivity index (χ3n) is 3.67. The van der Waals surface area contributed by atoms with Crippen molar-refractivity contribution in [1.82, 2.24) is 10.6 Å². The fraction of sp³-hybridized carbons (Fsp3) is 0.562. The van der Waals surface area contributed by atoms with Crippen molar-refractivity contribution in [2.45, 2.75) is 48.3 Å². The molecule has 2 fully saturated rings. The summed E-state index contributed by atoms with van der Waals surface area (Å²) in [4.78, 5) is 6.16. The van der Waals surface area contributed by atoms with E-state index in [0.717, 1.165) is 19.0 Å². The normalized spacial score (nSPS) is 20.6. The number of nitrogens with one attached hydrogen (secondary N) is 2. The average Bonchev–Trinajstić information content (AvgIpc) is 3.36. The van der Waals surface area contributed by atoms with E-state index in [1.54, 1.807) is 0 Å². The lowest BCUT2D eigenvalue weighted by atomic mass is 10.4. The molecule has 3 rings (SSSR count). The van der Waals surface area contributed by atoms with Gasteiger partial charge in [0.1, 0.15) is 0 Å². The monoisotopic (exact) mass is 289 g/mol. The zero-order valence-electron chi connectivity index (χ0n) is 12.1. The Morgan fingerprint density at radius 2 is 2.05 bits per heavy atom. The van der Waals surface area contributed by atoms with Crippen LogP contribution in [0.4, 0.5) is 0 Å². The van der Waals surface area contributed by atoms with Crippen LogP contribution in [0.15, 0.2) is 40.2 Å². The second kappa shape index (κ2) is 6.08. The highest BCUT2D eigenvalue weighted by atomic mass is 32.2. The quantitative estimate of drug-likeness (QED) is 0.624. The highest BCUT2D eigenvalue weighted by Gasteiger charge is 2.43. The maximum Gasteiger partial charge on any atom is 0.191 e. The van der Waals surface area contributed by atoms with E-state index in [1.165, 1.54) is 30.6 Å². The number of hydrogen-bond acceptors (Lipinski definition) is 2. The molecule has 0 atom stereocenters. The van der Waals surface area contributed by atoms with Crippen LogP contribution in [-0.4, -0.2) is 29.8 Å². The number of nitrogens with zero attached hydrogens (tertiary/aromatic N) is 1. The summed E-state index contributed by atoms with van der Waals surface area (Å²) in [5.41, 5.74) is 0. The number of aliphatic imine (C=N–C) groups is 1. The molecule has 0 aromatic heterocycles. The van der Waals surface area contributed by atoms with Crippen LogP contribution in [0, 0.1) is 0 Å². The Morgan fingerprint density at radius 3 is 2.65 bits per heavy atom. The second-order valence-corrected chi connectivity index (χ2v) is 7.25. The summed E-state index contributed by atoms with van der Waals surface area (Å²) in [7, 11) is 0. The van der Waals surface area contributed by atoms with Crippen molar-refractivity contribution in [3.63, 3.8) is 0 Å². The van der Waals surface area contributed by atoms with Gasteiger partial charge in [0.2, 0.25) is 0 Å². The highest BCUT2D eigenvalue weighted by Crippen LogP contribution is 2.51. The molecular weight excluding hydrogens is 266 g/mol. The molecule has 0 bridgehead atoms. The Balaban J connectivity index is 1.57. The van der Waals surface area contributed by atoms with Gasteiger partial charge < -0.3 is 10.6 Å². The lowest BCUT2D eigenvalue weighted by Gasteiger charge is -2.15. The molecule has 0 amide bonds. The molecule has 2 saturated carbocycles. The lowest BCUT2D eigenvalue weighted by molar-refractivity contribution is 0.798. The van der Waals surface area contributed by atoms with E-state index in [0.29, 0.717) is 10.8 Å². The van der Waals surface area contributed by atoms with Gasteiger partial charge >= 0.3 is 0 Å². The minimum Gasteiger partial charge on any atom is -0.357 e. The van der Waals surface area contributed by atoms with Crippen molar-refractivity contribution in [2.75, 3.05) is 13.1 Å². The van der Waals surface area contributed by atoms with Crippen LogP contribution in [0.5, 0.6) is 0 Å². The molecule has 0 heterocycles. The van der Waals surface area contributed by atoms with Crippen molar-refractivity contribution in [2.24, 2.45) is 4.99 Å². The van der Waals surface area contributed by atoms with Crippen molar-refractivity contribution in [3.8, 4) is 0 Å². The van der Waals surface area contributed by atoms with E-state index in [9.17, 15) is 0 Å². The summed E-state index contributed by atoms with van der Waals surface area (Å²) >= 11 is 1.99. The number of hydrogen-bond donors (Lipinski definition) is 2. The molecule has 1 aromatic carbocycles. The first-order valence-electron chi connectivity index (χ1n) is 7.59. The minimum absolute atomic E-state index is 0.341. The van der Waals surface area contributed by atoms with Crippen LogP contribution in [0.25, 0.3) is 0 Å². The SMILES string of the molecule is CCNC(=NCC1(Sc2ccccc2)CC1)NC1CC1. The summed E-state index contributed by atoms with van der Waals surface area (Å²) in [6.07, 6.45) is 5.13. The third kappa shape index (κ3) is 3.92. The van der Waals surface area contributed by atoms with Crippen molar-refractivity contribution in [1.29, 1.82) is 0 Å². The Morgan fingerprint density at radius 1 is 1.30 bits per heavy atom. The van der Waals surface area contributed by atoms with Gasteiger partial charge in [-0.3, -0.25) is 4.99 Å². The van der Waals surface area contributed by atoms with Gasteiger partial charge in [0.15, 0.2) is 5.96 Å². The van der Waals surface area contributed by atoms with Crippen LogP contribution >= 0.6 is 11.8 Å². The largest absolute Gasteiger partial charge is 0.357 e. The Labute approximate surface area is 125 Å². The Kier molecular flexibility index (Phi) is 4.20. The molecule has 0 unspecified atom stereocenters. The number of thioether (sulfide) groups is 1. The van der Waals surface area contributed by atoms with Gasteiger partial charge in [0, 0.05) is 22.2 Å². The summed E-state index contributed by atoms with van der Waals surface area (Å²) in [5.74, 6) is 0.995. The number of guanidine groups is 1. The first kappa shape index (κ1) is 13.8. The third-order valence-corrected chi connectivity index (χ3v) is 5.15. The Hall–Kier alpha value is -1.16. The van der Waals surface area contributed by atoms with Crippen LogP contribution in [0.2, 0.25) is 0 Å². The maximum absolute atomic E-state index is 4.80. The molecule has 0 aliphatic heterocycles. The van der Waals surface area contributed by atoms with E-state index >= 15 is 0 Å². The highest BCUT2D eigenvalue weighted by molar-refractivity contribution is 8.01. The molecule has 2 N–H and O–H groups in total. The van der Waals surface area contributed by atoms with Crippen molar-refractivity contribution in [3.05, 3.63) is 30.3 Å². The smallest absolute Gasteiger partial charge is 0.191 e. The first-order chi connectivity index (χ1) is 9.80. The molecule has 1 aromatic rings. The predicted octanol–water partition coefficient (Wildman–Crippen LogP) is 3.03. The first-order valence-corrected chi connectivity index (χ1v) is 8.40. The minimum atomic E-state index is 0.341. The molecule has 108 valence electrons. The van der Waals surface area contributed by atoms with E-state index in [2.05, 4.69) is 47.9 Å². The topological polar surface area (TPSA) is 36.4 Å². The predicted molar refractivity (Wildman–Crippen MR) is 86.4 cm³/mol. The fourth-order valence-corrected chi connectivity index (χ4v) is 3.36. The maximum atomic E-state index is 4.80. The fourth-order valence-electron chi connectivity index (χ4n) is 2.13. The zero-order valence-corrected chi connectivity index (χ0v) is 12.9. The van der Waals surface area contributed by atoms with Crippen molar-refractivity contribution >= 4 is 17.7 Å². The number of rotatable bonds is 6. The molecule has 3 nitrogen and oxygen atoms in total. The number of benzene rings is 1. The summed E-state index contributed by atoms with van der Waals surface area (Å²) in [5, 5.41) is 6.83. The van der Waals surface area contributed by atoms with Gasteiger partial charge in [-0.25, -0.2) is 0 Å². The van der Waals surface area contributed by atoms with E-state index in [-0.39, 0.29) is 0 Å². The van der Waals surface area contributed by atoms with E-state index in [1.807, 2.05) is 11.8 Å².